The van der Waals surface area contributed by atoms with Crippen LogP contribution in [0.25, 0.3) is 5.69 Å². The zero-order chi connectivity index (χ0) is 25.8. The summed E-state index contributed by atoms with van der Waals surface area (Å²) >= 11 is 0. The minimum atomic E-state index is -0.352. The van der Waals surface area contributed by atoms with E-state index in [1.807, 2.05) is 53.4 Å². The highest BCUT2D eigenvalue weighted by Crippen LogP contribution is 2.39. The van der Waals surface area contributed by atoms with Crippen molar-refractivity contribution >= 4 is 5.91 Å². The van der Waals surface area contributed by atoms with E-state index in [-0.39, 0.29) is 18.6 Å². The summed E-state index contributed by atoms with van der Waals surface area (Å²) in [6.45, 7) is 0.778. The summed E-state index contributed by atoms with van der Waals surface area (Å²) in [5.74, 6) is 2.57. The molecule has 0 saturated carbocycles. The topological polar surface area (TPSA) is 101 Å². The summed E-state index contributed by atoms with van der Waals surface area (Å²) in [6.07, 6.45) is 2.17. The second-order valence-corrected chi connectivity index (χ2v) is 8.46. The zero-order valence-corrected chi connectivity index (χ0v) is 20.8. The molecule has 0 radical (unpaired) electrons. The molecule has 3 aromatic carbocycles. The minimum absolute atomic E-state index is 0.112. The molecule has 2 heterocycles. The summed E-state index contributed by atoms with van der Waals surface area (Å²) in [5.41, 5.74) is 3.28. The summed E-state index contributed by atoms with van der Waals surface area (Å²) in [7, 11) is 4.84. The molecule has 0 spiro atoms. The lowest BCUT2D eigenvalue weighted by molar-refractivity contribution is 0.0589. The smallest absolute Gasteiger partial charge is 0.254 e. The molecular formula is C27H27N5O5. The molecule has 37 heavy (non-hydrogen) atoms. The number of aromatic nitrogens is 4. The number of methoxy groups -OCH3 is 3. The molecule has 0 aliphatic carbocycles. The lowest BCUT2D eigenvalue weighted by Gasteiger charge is -2.37. The Kier molecular flexibility index (Phi) is 6.89. The van der Waals surface area contributed by atoms with Gasteiger partial charge in [-0.05, 0) is 82.6 Å². The van der Waals surface area contributed by atoms with E-state index in [9.17, 15) is 4.79 Å². The third kappa shape index (κ3) is 4.90. The molecule has 1 atom stereocenters. The number of benzene rings is 3. The van der Waals surface area contributed by atoms with Crippen LogP contribution in [0.5, 0.6) is 23.0 Å². The quantitative estimate of drug-likeness (QED) is 0.362. The Morgan fingerprint density at radius 2 is 1.70 bits per heavy atom. The molecule has 1 aliphatic rings. The number of fused-ring (bicyclic) bond motifs is 1. The van der Waals surface area contributed by atoms with E-state index < -0.39 is 0 Å². The van der Waals surface area contributed by atoms with Crippen molar-refractivity contribution in [3.8, 4) is 28.7 Å². The van der Waals surface area contributed by atoms with Gasteiger partial charge in [0.05, 0.1) is 33.1 Å². The molecule has 10 heteroatoms. The van der Waals surface area contributed by atoms with Crippen LogP contribution in [0.15, 0.2) is 67.0 Å². The van der Waals surface area contributed by atoms with Gasteiger partial charge in [-0.15, -0.1) is 5.10 Å². The molecule has 1 aromatic heterocycles. The highest BCUT2D eigenvalue weighted by Gasteiger charge is 2.33. The summed E-state index contributed by atoms with van der Waals surface area (Å²) in [5, 5.41) is 11.3. The minimum Gasteiger partial charge on any atom is -0.497 e. The van der Waals surface area contributed by atoms with Crippen LogP contribution in [0.1, 0.15) is 27.5 Å². The Morgan fingerprint density at radius 3 is 2.41 bits per heavy atom. The van der Waals surface area contributed by atoms with Crippen LogP contribution < -0.4 is 18.9 Å². The number of ether oxygens (including phenoxy) is 4. The summed E-state index contributed by atoms with van der Waals surface area (Å²) in [6, 6.07) is 18.2. The standard InChI is InChI=1S/C27H27N5O5/c1-34-21-7-9-22(10-8-21)37-16-24-23-15-26(36-3)25(35-2)14-18(23)11-12-31(24)27(33)19-5-4-6-20(13-19)32-17-28-29-30-32/h4-10,13-15,17,24H,11-12,16H2,1-3H3. The van der Waals surface area contributed by atoms with Gasteiger partial charge in [-0.2, -0.15) is 0 Å². The predicted octanol–water partition coefficient (Wildman–Crippen LogP) is 3.51. The molecule has 10 nitrogen and oxygen atoms in total. The van der Waals surface area contributed by atoms with Gasteiger partial charge in [0.25, 0.3) is 5.91 Å². The Bertz CT molecular complexity index is 1370. The first-order valence-electron chi connectivity index (χ1n) is 11.8. The van der Waals surface area contributed by atoms with Gasteiger partial charge in [-0.1, -0.05) is 6.07 Å². The maximum Gasteiger partial charge on any atom is 0.254 e. The number of hydrogen-bond acceptors (Lipinski definition) is 8. The van der Waals surface area contributed by atoms with E-state index in [0.29, 0.717) is 41.5 Å². The second-order valence-electron chi connectivity index (χ2n) is 8.46. The molecule has 0 fully saturated rings. The van der Waals surface area contributed by atoms with E-state index in [4.69, 9.17) is 18.9 Å². The Hall–Kier alpha value is -4.60. The predicted molar refractivity (Wildman–Crippen MR) is 135 cm³/mol. The lowest BCUT2D eigenvalue weighted by atomic mass is 9.91. The highest BCUT2D eigenvalue weighted by molar-refractivity contribution is 5.95. The average molecular weight is 502 g/mol. The number of nitrogens with zero attached hydrogens (tertiary/aromatic N) is 5. The number of tetrazole rings is 1. The van der Waals surface area contributed by atoms with Crippen molar-refractivity contribution in [2.24, 2.45) is 0 Å². The van der Waals surface area contributed by atoms with Gasteiger partial charge >= 0.3 is 0 Å². The summed E-state index contributed by atoms with van der Waals surface area (Å²) < 4.78 is 24.0. The van der Waals surface area contributed by atoms with Crippen molar-refractivity contribution in [1.82, 2.24) is 25.1 Å². The van der Waals surface area contributed by atoms with Crippen LogP contribution in [-0.2, 0) is 6.42 Å². The largest absolute Gasteiger partial charge is 0.497 e. The molecule has 4 aromatic rings. The van der Waals surface area contributed by atoms with E-state index in [0.717, 1.165) is 16.9 Å². The SMILES string of the molecule is COc1ccc(OCC2c3cc(OC)c(OC)cc3CCN2C(=O)c2cccc(-n3cnnn3)c2)cc1. The van der Waals surface area contributed by atoms with Crippen molar-refractivity contribution in [1.29, 1.82) is 0 Å². The van der Waals surface area contributed by atoms with Gasteiger partial charge in [0.2, 0.25) is 0 Å². The van der Waals surface area contributed by atoms with Crippen LogP contribution in [0, 0.1) is 0 Å². The molecule has 0 saturated heterocycles. The fraction of sp³-hybridized carbons (Fsp3) is 0.259. The highest BCUT2D eigenvalue weighted by atomic mass is 16.5. The average Bonchev–Trinajstić information content (AvgIpc) is 3.50. The van der Waals surface area contributed by atoms with Crippen molar-refractivity contribution in [3.05, 3.63) is 83.7 Å². The van der Waals surface area contributed by atoms with Gasteiger partial charge in [-0.3, -0.25) is 4.79 Å². The van der Waals surface area contributed by atoms with Crippen LogP contribution >= 0.6 is 0 Å². The van der Waals surface area contributed by atoms with Crippen LogP contribution in [0.4, 0.5) is 0 Å². The number of rotatable bonds is 8. The first kappa shape index (κ1) is 24.1. The maximum atomic E-state index is 13.9. The number of carbonyl (C=O) groups excluding carboxylic acids is 1. The van der Waals surface area contributed by atoms with Gasteiger partial charge in [0.15, 0.2) is 11.5 Å². The summed E-state index contributed by atoms with van der Waals surface area (Å²) in [4.78, 5) is 15.7. The zero-order valence-electron chi connectivity index (χ0n) is 20.8. The Labute approximate surface area is 214 Å². The molecular weight excluding hydrogens is 474 g/mol. The van der Waals surface area contributed by atoms with E-state index >= 15 is 0 Å². The molecule has 0 bridgehead atoms. The molecule has 1 unspecified atom stereocenters. The van der Waals surface area contributed by atoms with Crippen LogP contribution in [-0.4, -0.2) is 65.5 Å². The molecule has 1 aliphatic heterocycles. The molecule has 0 N–H and O–H groups in total. The van der Waals surface area contributed by atoms with E-state index in [2.05, 4.69) is 15.5 Å². The van der Waals surface area contributed by atoms with E-state index in [1.165, 1.54) is 11.0 Å². The molecule has 1 amide bonds. The third-order valence-electron chi connectivity index (χ3n) is 6.44. The molecule has 5 rings (SSSR count). The van der Waals surface area contributed by atoms with Gasteiger partial charge in [0, 0.05) is 12.1 Å². The van der Waals surface area contributed by atoms with E-state index in [1.54, 1.807) is 33.5 Å². The number of amides is 1. The van der Waals surface area contributed by atoms with Gasteiger partial charge < -0.3 is 23.8 Å². The second kappa shape index (κ2) is 10.6. The normalized spacial score (nSPS) is 14.6. The Morgan fingerprint density at radius 1 is 0.946 bits per heavy atom. The van der Waals surface area contributed by atoms with Gasteiger partial charge in [0.1, 0.15) is 24.4 Å². The fourth-order valence-corrected chi connectivity index (χ4v) is 4.52. The van der Waals surface area contributed by atoms with Crippen molar-refractivity contribution in [2.45, 2.75) is 12.5 Å². The van der Waals surface area contributed by atoms with Crippen molar-refractivity contribution in [2.75, 3.05) is 34.5 Å². The lowest BCUT2D eigenvalue weighted by Crippen LogP contribution is -2.42. The Balaban J connectivity index is 1.49. The fourth-order valence-electron chi connectivity index (χ4n) is 4.52. The maximum absolute atomic E-state index is 13.9. The number of carbonyl (C=O) groups is 1. The number of hydrogen-bond donors (Lipinski definition) is 0. The van der Waals surface area contributed by atoms with Gasteiger partial charge in [-0.25, -0.2) is 4.68 Å². The van der Waals surface area contributed by atoms with Crippen molar-refractivity contribution in [3.63, 3.8) is 0 Å². The monoisotopic (exact) mass is 501 g/mol. The first-order valence-corrected chi connectivity index (χ1v) is 11.8. The third-order valence-corrected chi connectivity index (χ3v) is 6.44. The van der Waals surface area contributed by atoms with Crippen LogP contribution in [0.3, 0.4) is 0 Å². The molecule has 190 valence electrons. The van der Waals surface area contributed by atoms with Crippen molar-refractivity contribution < 1.29 is 23.7 Å². The first-order chi connectivity index (χ1) is 18.1. The van der Waals surface area contributed by atoms with Crippen LogP contribution in [0.2, 0.25) is 0 Å².